The largest absolute Gasteiger partial charge is 0.338 e. The van der Waals surface area contributed by atoms with Gasteiger partial charge in [-0.1, -0.05) is 36.9 Å². The van der Waals surface area contributed by atoms with E-state index in [1.165, 1.54) is 23.9 Å². The Morgan fingerprint density at radius 1 is 1.31 bits per heavy atom. The van der Waals surface area contributed by atoms with Crippen LogP contribution >= 0.6 is 11.8 Å². The van der Waals surface area contributed by atoms with Crippen LogP contribution in [0.15, 0.2) is 58.3 Å². The fourth-order valence-electron chi connectivity index (χ4n) is 3.04. The number of non-ortho nitro benzene ring substituents is 1. The zero-order chi connectivity index (χ0) is 18.7. The molecule has 2 N–H and O–H groups in total. The number of rotatable bonds is 5. The van der Waals surface area contributed by atoms with E-state index in [9.17, 15) is 14.9 Å². The van der Waals surface area contributed by atoms with Crippen LogP contribution in [0.1, 0.15) is 23.7 Å². The highest BCUT2D eigenvalue weighted by Crippen LogP contribution is 2.35. The molecule has 2 aromatic rings. The monoisotopic (exact) mass is 371 g/mol. The van der Waals surface area contributed by atoms with Crippen LogP contribution in [0.25, 0.3) is 0 Å². The number of nitrogens with two attached hydrogens (primary N) is 1. The van der Waals surface area contributed by atoms with E-state index in [4.69, 9.17) is 5.73 Å². The van der Waals surface area contributed by atoms with Crippen molar-refractivity contribution < 1.29 is 9.72 Å². The normalized spacial score (nSPS) is 19.5. The van der Waals surface area contributed by atoms with Crippen molar-refractivity contribution in [1.29, 1.82) is 0 Å². The fourth-order valence-corrected chi connectivity index (χ4v) is 3.98. The van der Waals surface area contributed by atoms with Crippen molar-refractivity contribution in [1.82, 2.24) is 4.90 Å². The topological polar surface area (TPSA) is 89.5 Å². The summed E-state index contributed by atoms with van der Waals surface area (Å²) >= 11 is 1.43. The van der Waals surface area contributed by atoms with Crippen LogP contribution in [-0.2, 0) is 0 Å². The van der Waals surface area contributed by atoms with Gasteiger partial charge in [0.05, 0.1) is 10.5 Å². The minimum Gasteiger partial charge on any atom is -0.338 e. The molecule has 1 fully saturated rings. The van der Waals surface area contributed by atoms with E-state index in [1.54, 1.807) is 11.0 Å². The molecule has 1 aliphatic heterocycles. The van der Waals surface area contributed by atoms with Crippen LogP contribution < -0.4 is 5.73 Å². The predicted octanol–water partition coefficient (Wildman–Crippen LogP) is 3.56. The van der Waals surface area contributed by atoms with Gasteiger partial charge in [-0.15, -0.1) is 0 Å². The Labute approximate surface area is 156 Å². The second-order valence-corrected chi connectivity index (χ2v) is 7.96. The van der Waals surface area contributed by atoms with Crippen LogP contribution in [0.3, 0.4) is 0 Å². The van der Waals surface area contributed by atoms with E-state index >= 15 is 0 Å². The van der Waals surface area contributed by atoms with E-state index in [0.29, 0.717) is 30.1 Å². The highest BCUT2D eigenvalue weighted by Gasteiger charge is 2.36. The highest BCUT2D eigenvalue weighted by atomic mass is 32.2. The fraction of sp³-hybridized carbons (Fsp3) is 0.316. The van der Waals surface area contributed by atoms with Crippen LogP contribution in [-0.4, -0.2) is 35.4 Å². The molecule has 1 amide bonds. The Kier molecular flexibility index (Phi) is 5.29. The van der Waals surface area contributed by atoms with Crippen LogP contribution in [0.4, 0.5) is 5.69 Å². The molecule has 1 unspecified atom stereocenters. The van der Waals surface area contributed by atoms with E-state index in [2.05, 4.69) is 6.92 Å². The maximum atomic E-state index is 13.1. The third kappa shape index (κ3) is 3.89. The second kappa shape index (κ2) is 7.47. The standard InChI is InChI=1S/C19H21N3O3S/c1-19(12-20)9-10-21(13-19)18(23)16-11-14(22(24)25)7-8-17(16)26-15-5-3-2-4-6-15/h2-8,11H,9-10,12-13,20H2,1H3. The number of amides is 1. The molecule has 3 rings (SSSR count). The molecule has 7 heteroatoms. The summed E-state index contributed by atoms with van der Waals surface area (Å²) in [7, 11) is 0. The first-order valence-corrected chi connectivity index (χ1v) is 9.24. The summed E-state index contributed by atoms with van der Waals surface area (Å²) in [4.78, 5) is 27.2. The SMILES string of the molecule is CC1(CN)CCN(C(=O)c2cc([N+](=O)[O-])ccc2Sc2ccccc2)C1. The minimum absolute atomic E-state index is 0.0773. The number of nitro groups is 1. The first-order valence-electron chi connectivity index (χ1n) is 8.42. The Morgan fingerprint density at radius 3 is 2.65 bits per heavy atom. The highest BCUT2D eigenvalue weighted by molar-refractivity contribution is 7.99. The van der Waals surface area contributed by atoms with Gasteiger partial charge in [-0.2, -0.15) is 0 Å². The first-order chi connectivity index (χ1) is 12.4. The molecule has 6 nitrogen and oxygen atoms in total. The molecule has 1 saturated heterocycles. The zero-order valence-electron chi connectivity index (χ0n) is 14.6. The van der Waals surface area contributed by atoms with Gasteiger partial charge in [-0.25, -0.2) is 0 Å². The molecule has 26 heavy (non-hydrogen) atoms. The number of hydrogen-bond acceptors (Lipinski definition) is 5. The van der Waals surface area contributed by atoms with Crippen molar-refractivity contribution in [2.45, 2.75) is 23.1 Å². The number of carbonyl (C=O) groups excluding carboxylic acids is 1. The average Bonchev–Trinajstić information content (AvgIpc) is 3.05. The number of likely N-dealkylation sites (tertiary alicyclic amines) is 1. The van der Waals surface area contributed by atoms with Gasteiger partial charge < -0.3 is 10.6 Å². The molecule has 0 bridgehead atoms. The lowest BCUT2D eigenvalue weighted by Crippen LogP contribution is -2.34. The summed E-state index contributed by atoms with van der Waals surface area (Å²) in [5, 5.41) is 11.2. The summed E-state index contributed by atoms with van der Waals surface area (Å²) in [6.45, 7) is 3.76. The molecule has 1 heterocycles. The van der Waals surface area contributed by atoms with Gasteiger partial charge in [0.2, 0.25) is 0 Å². The minimum atomic E-state index is -0.471. The van der Waals surface area contributed by atoms with Gasteiger partial charge in [-0.3, -0.25) is 14.9 Å². The number of nitro benzene ring substituents is 1. The number of hydrogen-bond donors (Lipinski definition) is 1. The molecule has 0 aromatic heterocycles. The summed E-state index contributed by atoms with van der Waals surface area (Å²) in [5.74, 6) is -0.177. The molecular weight excluding hydrogens is 350 g/mol. The van der Waals surface area contributed by atoms with Crippen LogP contribution in [0.2, 0.25) is 0 Å². The van der Waals surface area contributed by atoms with Crippen molar-refractivity contribution in [2.75, 3.05) is 19.6 Å². The zero-order valence-corrected chi connectivity index (χ0v) is 15.4. The van der Waals surface area contributed by atoms with Crippen molar-refractivity contribution in [3.05, 3.63) is 64.2 Å². The lowest BCUT2D eigenvalue weighted by molar-refractivity contribution is -0.384. The van der Waals surface area contributed by atoms with E-state index in [0.717, 1.165) is 11.3 Å². The summed E-state index contributed by atoms with van der Waals surface area (Å²) in [5.41, 5.74) is 6.03. The Morgan fingerprint density at radius 2 is 2.04 bits per heavy atom. The van der Waals surface area contributed by atoms with Gasteiger partial charge in [-0.05, 0) is 36.6 Å². The molecule has 0 aliphatic carbocycles. The van der Waals surface area contributed by atoms with Crippen molar-refractivity contribution >= 4 is 23.4 Å². The number of carbonyl (C=O) groups is 1. The van der Waals surface area contributed by atoms with Crippen LogP contribution in [0.5, 0.6) is 0 Å². The Bertz CT molecular complexity index is 828. The molecular formula is C19H21N3O3S. The van der Waals surface area contributed by atoms with Crippen LogP contribution in [0, 0.1) is 15.5 Å². The van der Waals surface area contributed by atoms with Crippen molar-refractivity contribution in [2.24, 2.45) is 11.1 Å². The van der Waals surface area contributed by atoms with E-state index < -0.39 is 4.92 Å². The lowest BCUT2D eigenvalue weighted by atomic mass is 9.90. The molecule has 2 aromatic carbocycles. The molecule has 0 saturated carbocycles. The third-order valence-electron chi connectivity index (χ3n) is 4.71. The van der Waals surface area contributed by atoms with Gasteiger partial charge in [0.15, 0.2) is 0 Å². The van der Waals surface area contributed by atoms with Gasteiger partial charge in [0, 0.05) is 35.0 Å². The molecule has 1 atom stereocenters. The maximum Gasteiger partial charge on any atom is 0.270 e. The summed E-state index contributed by atoms with van der Waals surface area (Å²) < 4.78 is 0. The lowest BCUT2D eigenvalue weighted by Gasteiger charge is -2.23. The van der Waals surface area contributed by atoms with Gasteiger partial charge in [0.25, 0.3) is 11.6 Å². The molecule has 0 spiro atoms. The number of benzene rings is 2. The Hall–Kier alpha value is -2.38. The molecule has 1 aliphatic rings. The van der Waals surface area contributed by atoms with Crippen molar-refractivity contribution in [3.63, 3.8) is 0 Å². The maximum absolute atomic E-state index is 13.1. The predicted molar refractivity (Wildman–Crippen MR) is 101 cm³/mol. The second-order valence-electron chi connectivity index (χ2n) is 6.84. The average molecular weight is 371 g/mol. The third-order valence-corrected chi connectivity index (χ3v) is 5.80. The first kappa shape index (κ1) is 18.4. The van der Waals surface area contributed by atoms with Crippen molar-refractivity contribution in [3.8, 4) is 0 Å². The van der Waals surface area contributed by atoms with Gasteiger partial charge in [0.1, 0.15) is 0 Å². The van der Waals surface area contributed by atoms with Gasteiger partial charge >= 0.3 is 0 Å². The quantitative estimate of drug-likeness (QED) is 0.641. The summed E-state index contributed by atoms with van der Waals surface area (Å²) in [6, 6.07) is 14.1. The molecule has 0 radical (unpaired) electrons. The van der Waals surface area contributed by atoms with E-state index in [1.807, 2.05) is 30.3 Å². The smallest absolute Gasteiger partial charge is 0.270 e. The molecule has 136 valence electrons. The Balaban J connectivity index is 1.94. The number of nitrogens with zero attached hydrogens (tertiary/aromatic N) is 2. The van der Waals surface area contributed by atoms with E-state index in [-0.39, 0.29) is 17.0 Å². The summed E-state index contributed by atoms with van der Waals surface area (Å²) in [6.07, 6.45) is 0.839.